The van der Waals surface area contributed by atoms with E-state index in [1.54, 1.807) is 18.6 Å². The largest absolute Gasteiger partial charge is 0.362 e. The Balaban J connectivity index is 0. The Labute approximate surface area is 105 Å². The van der Waals surface area contributed by atoms with Crippen molar-refractivity contribution in [3.8, 4) is 0 Å². The monoisotopic (exact) mass is 239 g/mol. The van der Waals surface area contributed by atoms with Gasteiger partial charge in [0.2, 0.25) is 0 Å². The van der Waals surface area contributed by atoms with Gasteiger partial charge in [0.15, 0.2) is 0 Å². The highest BCUT2D eigenvalue weighted by molar-refractivity contribution is 4.91. The number of imidazole rings is 1. The fraction of sp³-hybridized carbons (Fsp3) is 0.538. The molecule has 0 aromatic carbocycles. The first-order chi connectivity index (χ1) is 8.20. The Morgan fingerprint density at radius 1 is 1.12 bits per heavy atom. The zero-order valence-electron chi connectivity index (χ0n) is 12.1. The van der Waals surface area contributed by atoms with Gasteiger partial charge in [-0.05, 0) is 13.8 Å². The van der Waals surface area contributed by atoms with Crippen molar-refractivity contribution in [2.45, 2.75) is 41.5 Å². The molecular formula is C13H25N3O. The molecule has 0 radical (unpaired) electrons. The number of nitrogens with zero attached hydrogens (tertiary/aromatic N) is 3. The highest BCUT2D eigenvalue weighted by Crippen LogP contribution is 1.89. The normalized spacial score (nSPS) is 7.71. The molecule has 0 atom stereocenters. The third-order valence-corrected chi connectivity index (χ3v) is 1.62. The van der Waals surface area contributed by atoms with Gasteiger partial charge in [-0.25, -0.2) is 4.98 Å². The first-order valence-electron chi connectivity index (χ1n) is 6.00. The third kappa shape index (κ3) is 9.35. The Bertz CT molecular complexity index is 323. The molecule has 2 rings (SSSR count). The van der Waals surface area contributed by atoms with E-state index in [1.165, 1.54) is 5.69 Å². The van der Waals surface area contributed by atoms with Crippen molar-refractivity contribution in [3.63, 3.8) is 0 Å². The van der Waals surface area contributed by atoms with Gasteiger partial charge in [0.25, 0.3) is 0 Å². The van der Waals surface area contributed by atoms with Crippen molar-refractivity contribution in [1.29, 1.82) is 0 Å². The van der Waals surface area contributed by atoms with Crippen LogP contribution < -0.4 is 0 Å². The van der Waals surface area contributed by atoms with Crippen LogP contribution in [0.1, 0.15) is 39.1 Å². The maximum Gasteiger partial charge on any atom is 0.133 e. The lowest BCUT2D eigenvalue weighted by Crippen LogP contribution is -1.84. The van der Waals surface area contributed by atoms with Crippen LogP contribution in [0.4, 0.5) is 0 Å². The Morgan fingerprint density at radius 2 is 1.71 bits per heavy atom. The average Bonchev–Trinajstić information content (AvgIpc) is 2.98. The third-order valence-electron chi connectivity index (χ3n) is 1.62. The zero-order chi connectivity index (χ0) is 13.7. The van der Waals surface area contributed by atoms with Gasteiger partial charge in [-0.1, -0.05) is 32.9 Å². The van der Waals surface area contributed by atoms with E-state index in [2.05, 4.69) is 14.7 Å². The van der Waals surface area contributed by atoms with Crippen molar-refractivity contribution in [3.05, 3.63) is 36.2 Å². The van der Waals surface area contributed by atoms with Crippen molar-refractivity contribution in [2.75, 3.05) is 0 Å². The van der Waals surface area contributed by atoms with Gasteiger partial charge in [0.1, 0.15) is 5.76 Å². The standard InChI is InChI=1S/C5H8N2.C4H5NO.2C2H6/c1-5-3-6-4-7(5)2;1-4-2-3-5-6-4;2*1-2/h3-4H,1-2H3;2-3H,1H3;2*1-2H3. The van der Waals surface area contributed by atoms with Crippen LogP contribution in [-0.2, 0) is 7.05 Å². The fourth-order valence-electron chi connectivity index (χ4n) is 0.703. The zero-order valence-corrected chi connectivity index (χ0v) is 12.1. The summed E-state index contributed by atoms with van der Waals surface area (Å²) in [5, 5.41) is 3.45. The molecule has 0 N–H and O–H groups in total. The summed E-state index contributed by atoms with van der Waals surface area (Å²) in [6.07, 6.45) is 5.24. The SMILES string of the molecule is CC.CC.Cc1ccno1.Cc1cncn1C. The maximum absolute atomic E-state index is 4.58. The summed E-state index contributed by atoms with van der Waals surface area (Å²) in [4.78, 5) is 3.88. The molecule has 0 bridgehead atoms. The summed E-state index contributed by atoms with van der Waals surface area (Å²) in [5.41, 5.74) is 1.19. The maximum atomic E-state index is 4.58. The second-order valence-corrected chi connectivity index (χ2v) is 2.77. The molecule has 17 heavy (non-hydrogen) atoms. The lowest BCUT2D eigenvalue weighted by molar-refractivity contribution is 0.397. The average molecular weight is 239 g/mol. The molecule has 98 valence electrons. The lowest BCUT2D eigenvalue weighted by Gasteiger charge is -1.87. The van der Waals surface area contributed by atoms with Crippen molar-refractivity contribution in [2.24, 2.45) is 7.05 Å². The molecule has 2 aromatic heterocycles. The van der Waals surface area contributed by atoms with Gasteiger partial charge < -0.3 is 9.09 Å². The molecule has 0 spiro atoms. The van der Waals surface area contributed by atoms with E-state index in [9.17, 15) is 0 Å². The second kappa shape index (κ2) is 12.5. The van der Waals surface area contributed by atoms with E-state index in [1.807, 2.05) is 59.4 Å². The van der Waals surface area contributed by atoms with Gasteiger partial charge in [-0.2, -0.15) is 0 Å². The minimum absolute atomic E-state index is 0.856. The molecule has 2 aromatic rings. The molecule has 4 heteroatoms. The Hall–Kier alpha value is -1.58. The molecule has 0 amide bonds. The summed E-state index contributed by atoms with van der Waals surface area (Å²) in [6, 6.07) is 1.81. The van der Waals surface area contributed by atoms with Gasteiger partial charge in [-0.3, -0.25) is 0 Å². The molecule has 0 fully saturated rings. The lowest BCUT2D eigenvalue weighted by atomic mass is 10.5. The molecule has 4 nitrogen and oxygen atoms in total. The first kappa shape index (κ1) is 17.8. The number of hydrogen-bond acceptors (Lipinski definition) is 3. The summed E-state index contributed by atoms with van der Waals surface area (Å²) >= 11 is 0. The van der Waals surface area contributed by atoms with Crippen LogP contribution in [0, 0.1) is 13.8 Å². The molecule has 0 aliphatic rings. The summed E-state index contributed by atoms with van der Waals surface area (Å²) in [6.45, 7) is 11.9. The Morgan fingerprint density at radius 3 is 1.82 bits per heavy atom. The number of hydrogen-bond donors (Lipinski definition) is 0. The predicted molar refractivity (Wildman–Crippen MR) is 71.9 cm³/mol. The predicted octanol–water partition coefficient (Wildman–Crippen LogP) is 3.76. The summed E-state index contributed by atoms with van der Waals surface area (Å²) < 4.78 is 6.56. The summed E-state index contributed by atoms with van der Waals surface area (Å²) in [5.74, 6) is 0.856. The molecule has 0 aliphatic heterocycles. The van der Waals surface area contributed by atoms with Gasteiger partial charge in [-0.15, -0.1) is 0 Å². The highest BCUT2D eigenvalue weighted by atomic mass is 16.5. The minimum atomic E-state index is 0.856. The van der Waals surface area contributed by atoms with Crippen LogP contribution in [0.3, 0.4) is 0 Å². The molecule has 2 heterocycles. The number of rotatable bonds is 0. The van der Waals surface area contributed by atoms with Gasteiger partial charge in [0, 0.05) is 25.0 Å². The molecule has 0 unspecified atom stereocenters. The second-order valence-electron chi connectivity index (χ2n) is 2.77. The van der Waals surface area contributed by atoms with Crippen LogP contribution in [0.2, 0.25) is 0 Å². The van der Waals surface area contributed by atoms with Crippen LogP contribution in [0.5, 0.6) is 0 Å². The van der Waals surface area contributed by atoms with Crippen LogP contribution >= 0.6 is 0 Å². The van der Waals surface area contributed by atoms with Gasteiger partial charge in [0.05, 0.1) is 12.5 Å². The smallest absolute Gasteiger partial charge is 0.133 e. The molecule has 0 saturated carbocycles. The summed E-state index contributed by atoms with van der Waals surface area (Å²) in [7, 11) is 1.97. The molecule has 0 saturated heterocycles. The fourth-order valence-corrected chi connectivity index (χ4v) is 0.703. The van der Waals surface area contributed by atoms with Crippen molar-refractivity contribution < 1.29 is 4.52 Å². The quantitative estimate of drug-likeness (QED) is 0.703. The minimum Gasteiger partial charge on any atom is -0.362 e. The van der Waals surface area contributed by atoms with Gasteiger partial charge >= 0.3 is 0 Å². The van der Waals surface area contributed by atoms with Crippen molar-refractivity contribution >= 4 is 0 Å². The van der Waals surface area contributed by atoms with E-state index in [4.69, 9.17) is 0 Å². The number of aryl methyl sites for hydroxylation is 3. The van der Waals surface area contributed by atoms with Crippen LogP contribution in [-0.4, -0.2) is 14.7 Å². The van der Waals surface area contributed by atoms with E-state index < -0.39 is 0 Å². The van der Waals surface area contributed by atoms with E-state index >= 15 is 0 Å². The van der Waals surface area contributed by atoms with E-state index in [0.29, 0.717) is 0 Å². The number of aromatic nitrogens is 3. The topological polar surface area (TPSA) is 43.9 Å². The van der Waals surface area contributed by atoms with E-state index in [-0.39, 0.29) is 0 Å². The molecule has 0 aliphatic carbocycles. The van der Waals surface area contributed by atoms with Crippen molar-refractivity contribution in [1.82, 2.24) is 14.7 Å². The molecular weight excluding hydrogens is 214 g/mol. The Kier molecular flexibility index (Phi) is 13.1. The van der Waals surface area contributed by atoms with E-state index in [0.717, 1.165) is 5.76 Å². The van der Waals surface area contributed by atoms with Crippen LogP contribution in [0.15, 0.2) is 29.3 Å². The first-order valence-corrected chi connectivity index (χ1v) is 6.00. The highest BCUT2D eigenvalue weighted by Gasteiger charge is 1.83. The van der Waals surface area contributed by atoms with Crippen LogP contribution in [0.25, 0.3) is 0 Å².